The van der Waals surface area contributed by atoms with Gasteiger partial charge in [-0.1, -0.05) is 30.3 Å². The van der Waals surface area contributed by atoms with E-state index in [1.165, 1.54) is 0 Å². The quantitative estimate of drug-likeness (QED) is 0.512. The van der Waals surface area contributed by atoms with Gasteiger partial charge in [0.1, 0.15) is 11.4 Å². The Morgan fingerprint density at radius 1 is 1.03 bits per heavy atom. The molecule has 2 amide bonds. The summed E-state index contributed by atoms with van der Waals surface area (Å²) in [5.41, 5.74) is 2.64. The Kier molecular flexibility index (Phi) is 5.10. The first-order valence-electron chi connectivity index (χ1n) is 13.3. The zero-order valence-electron chi connectivity index (χ0n) is 21.0. The Bertz CT molecular complexity index is 1440. The summed E-state index contributed by atoms with van der Waals surface area (Å²) >= 11 is 0. The highest BCUT2D eigenvalue weighted by atomic mass is 16.5. The van der Waals surface area contributed by atoms with Crippen LogP contribution in [0.3, 0.4) is 0 Å². The molecule has 3 aromatic rings. The molecule has 2 aliphatic heterocycles. The zero-order valence-corrected chi connectivity index (χ0v) is 21.0. The van der Waals surface area contributed by atoms with Crippen LogP contribution in [0.5, 0.6) is 5.88 Å². The average molecular weight is 495 g/mol. The lowest BCUT2D eigenvalue weighted by molar-refractivity contribution is -0.131. The van der Waals surface area contributed by atoms with Crippen LogP contribution in [0, 0.1) is 11.8 Å². The molecular formula is C30H30N4O3. The Labute approximate surface area is 216 Å². The Morgan fingerprint density at radius 2 is 1.78 bits per heavy atom. The zero-order chi connectivity index (χ0) is 25.1. The van der Waals surface area contributed by atoms with E-state index in [1.54, 1.807) is 13.3 Å². The van der Waals surface area contributed by atoms with Crippen molar-refractivity contribution in [1.29, 1.82) is 0 Å². The minimum absolute atomic E-state index is 0.135. The minimum atomic E-state index is -0.540. The number of aliphatic imine (C=N–C) groups is 1. The summed E-state index contributed by atoms with van der Waals surface area (Å²) < 4.78 is 5.39. The third-order valence-electron chi connectivity index (χ3n) is 8.30. The van der Waals surface area contributed by atoms with E-state index in [2.05, 4.69) is 41.4 Å². The van der Waals surface area contributed by atoms with Crippen LogP contribution in [0.2, 0.25) is 0 Å². The van der Waals surface area contributed by atoms with Gasteiger partial charge in [-0.05, 0) is 72.7 Å². The van der Waals surface area contributed by atoms with Crippen LogP contribution >= 0.6 is 0 Å². The van der Waals surface area contributed by atoms with E-state index in [-0.39, 0.29) is 11.8 Å². The molecule has 7 rings (SSSR count). The Morgan fingerprint density at radius 3 is 2.51 bits per heavy atom. The number of amidine groups is 1. The lowest BCUT2D eigenvalue weighted by atomic mass is 10.0. The molecule has 37 heavy (non-hydrogen) atoms. The Hall–Kier alpha value is -3.74. The van der Waals surface area contributed by atoms with Gasteiger partial charge >= 0.3 is 0 Å². The molecule has 0 radical (unpaired) electrons. The fraction of sp³-hybridized carbons (Fsp3) is 0.400. The highest BCUT2D eigenvalue weighted by Crippen LogP contribution is 2.46. The molecular weight excluding hydrogens is 464 g/mol. The number of aromatic nitrogens is 1. The molecule has 188 valence electrons. The molecule has 2 aliphatic carbocycles. The maximum Gasteiger partial charge on any atom is 0.256 e. The van der Waals surface area contributed by atoms with Crippen molar-refractivity contribution in [3.05, 3.63) is 60.3 Å². The minimum Gasteiger partial charge on any atom is -0.481 e. The van der Waals surface area contributed by atoms with Crippen LogP contribution in [0.1, 0.15) is 37.7 Å². The number of amides is 2. The van der Waals surface area contributed by atoms with Gasteiger partial charge < -0.3 is 9.64 Å². The van der Waals surface area contributed by atoms with Gasteiger partial charge in [0.15, 0.2) is 0 Å². The first-order chi connectivity index (χ1) is 18.0. The second-order valence-electron chi connectivity index (χ2n) is 10.9. The largest absolute Gasteiger partial charge is 0.481 e. The van der Waals surface area contributed by atoms with E-state index in [0.717, 1.165) is 78.5 Å². The lowest BCUT2D eigenvalue weighted by Crippen LogP contribution is -2.40. The highest BCUT2D eigenvalue weighted by Gasteiger charge is 2.57. The standard InChI is InChI=1S/C30H30N4O3/c1-37-27-25-9-8-23(16-24(25)10-14-31-27)20-2-4-21(5-3-20)26-32-30(12-13-30)29(36)34(26)18-19-11-15-33(17-19)28(35)22-6-7-22/h2-5,8-10,14,16,19,22H,6-7,11-13,15,17-18H2,1H3/t19-/m1/s1. The second kappa shape index (κ2) is 8.40. The average Bonchev–Trinajstić information content (AvgIpc) is 3.86. The van der Waals surface area contributed by atoms with Crippen molar-refractivity contribution in [2.24, 2.45) is 16.8 Å². The van der Waals surface area contributed by atoms with Gasteiger partial charge in [0.2, 0.25) is 11.8 Å². The molecule has 2 saturated carbocycles. The van der Waals surface area contributed by atoms with E-state index in [1.807, 2.05) is 21.9 Å². The summed E-state index contributed by atoms with van der Waals surface area (Å²) in [6.45, 7) is 2.19. The first kappa shape index (κ1) is 22.5. The number of nitrogens with zero attached hydrogens (tertiary/aromatic N) is 4. The number of hydrogen-bond donors (Lipinski definition) is 0. The highest BCUT2D eigenvalue weighted by molar-refractivity contribution is 6.16. The van der Waals surface area contributed by atoms with E-state index < -0.39 is 5.54 Å². The maximum absolute atomic E-state index is 13.4. The van der Waals surface area contributed by atoms with Gasteiger partial charge in [0, 0.05) is 42.7 Å². The van der Waals surface area contributed by atoms with Crippen molar-refractivity contribution in [2.75, 3.05) is 26.7 Å². The van der Waals surface area contributed by atoms with Gasteiger partial charge in [-0.3, -0.25) is 19.5 Å². The van der Waals surface area contributed by atoms with Crippen LogP contribution in [-0.4, -0.2) is 64.7 Å². The van der Waals surface area contributed by atoms with Crippen LogP contribution in [0.15, 0.2) is 59.7 Å². The van der Waals surface area contributed by atoms with E-state index in [9.17, 15) is 9.59 Å². The van der Waals surface area contributed by atoms with Gasteiger partial charge in [-0.25, -0.2) is 4.98 Å². The fourth-order valence-electron chi connectivity index (χ4n) is 5.82. The van der Waals surface area contributed by atoms with Crippen molar-refractivity contribution < 1.29 is 14.3 Å². The van der Waals surface area contributed by atoms with E-state index in [4.69, 9.17) is 9.73 Å². The number of likely N-dealkylation sites (tertiary alicyclic amines) is 1. The second-order valence-corrected chi connectivity index (χ2v) is 10.9. The Balaban J connectivity index is 1.12. The van der Waals surface area contributed by atoms with E-state index in [0.29, 0.717) is 24.2 Å². The number of carbonyl (C=O) groups is 2. The number of methoxy groups -OCH3 is 1. The summed E-state index contributed by atoms with van der Waals surface area (Å²) in [6, 6.07) is 16.6. The third-order valence-corrected chi connectivity index (χ3v) is 8.30. The number of rotatable bonds is 6. The molecule has 1 atom stereocenters. The number of fused-ring (bicyclic) bond motifs is 1. The molecule has 0 unspecified atom stereocenters. The summed E-state index contributed by atoms with van der Waals surface area (Å²) in [4.78, 5) is 39.1. The molecule has 0 N–H and O–H groups in total. The lowest BCUT2D eigenvalue weighted by Gasteiger charge is -2.23. The smallest absolute Gasteiger partial charge is 0.256 e. The van der Waals surface area contributed by atoms with Crippen LogP contribution in [-0.2, 0) is 9.59 Å². The van der Waals surface area contributed by atoms with Crippen molar-refractivity contribution in [3.8, 4) is 17.0 Å². The molecule has 2 aromatic carbocycles. The molecule has 7 nitrogen and oxygen atoms in total. The fourth-order valence-corrected chi connectivity index (χ4v) is 5.82. The van der Waals surface area contributed by atoms with Gasteiger partial charge in [-0.2, -0.15) is 0 Å². The summed E-state index contributed by atoms with van der Waals surface area (Å²) in [7, 11) is 1.64. The number of ether oxygens (including phenoxy) is 1. The third kappa shape index (κ3) is 3.88. The summed E-state index contributed by atoms with van der Waals surface area (Å²) in [5, 5.41) is 2.06. The van der Waals surface area contributed by atoms with Crippen molar-refractivity contribution in [3.63, 3.8) is 0 Å². The van der Waals surface area contributed by atoms with Crippen molar-refractivity contribution in [1.82, 2.24) is 14.8 Å². The predicted octanol–water partition coefficient (Wildman–Crippen LogP) is 4.29. The van der Waals surface area contributed by atoms with Crippen molar-refractivity contribution in [2.45, 2.75) is 37.6 Å². The first-order valence-corrected chi connectivity index (χ1v) is 13.3. The molecule has 3 fully saturated rings. The van der Waals surface area contributed by atoms with Gasteiger partial charge in [0.05, 0.1) is 7.11 Å². The molecule has 3 heterocycles. The van der Waals surface area contributed by atoms with Gasteiger partial charge in [0.25, 0.3) is 5.91 Å². The molecule has 0 bridgehead atoms. The summed E-state index contributed by atoms with van der Waals surface area (Å²) in [5.74, 6) is 2.40. The monoisotopic (exact) mass is 494 g/mol. The predicted molar refractivity (Wildman–Crippen MR) is 141 cm³/mol. The number of pyridine rings is 1. The summed E-state index contributed by atoms with van der Waals surface area (Å²) in [6.07, 6.45) is 6.43. The number of hydrogen-bond acceptors (Lipinski definition) is 5. The molecule has 1 aromatic heterocycles. The van der Waals surface area contributed by atoms with E-state index >= 15 is 0 Å². The van der Waals surface area contributed by atoms with Gasteiger partial charge in [-0.15, -0.1) is 0 Å². The topological polar surface area (TPSA) is 75.1 Å². The molecule has 1 spiro atoms. The normalized spacial score (nSPS) is 22.1. The van der Waals surface area contributed by atoms with Crippen LogP contribution < -0.4 is 4.74 Å². The molecule has 7 heteroatoms. The van der Waals surface area contributed by atoms with Crippen LogP contribution in [0.4, 0.5) is 0 Å². The SMILES string of the molecule is COc1nccc2cc(-c3ccc(C4=NC5(CC5)C(=O)N4C[C@@H]4CCN(C(=O)C5CC5)C4)cc3)ccc12. The molecule has 1 saturated heterocycles. The van der Waals surface area contributed by atoms with Crippen LogP contribution in [0.25, 0.3) is 21.9 Å². The van der Waals surface area contributed by atoms with Crippen molar-refractivity contribution >= 4 is 28.4 Å². The number of benzene rings is 2. The molecule has 4 aliphatic rings. The maximum atomic E-state index is 13.4. The number of carbonyl (C=O) groups excluding carboxylic acids is 2.